The molecule has 0 bridgehead atoms. The molecule has 1 fully saturated rings. The van der Waals surface area contributed by atoms with Gasteiger partial charge < -0.3 is 20.3 Å². The van der Waals surface area contributed by atoms with Gasteiger partial charge in [0, 0.05) is 32.2 Å². The number of hydrogen-bond donors (Lipinski definition) is 2. The number of likely N-dealkylation sites (tertiary alicyclic amines) is 1. The summed E-state index contributed by atoms with van der Waals surface area (Å²) in [5.74, 6) is 1.45. The van der Waals surface area contributed by atoms with E-state index in [1.54, 1.807) is 19.2 Å². The lowest BCUT2D eigenvalue weighted by Gasteiger charge is -2.30. The normalized spacial score (nSPS) is 19.1. The Morgan fingerprint density at radius 1 is 1.40 bits per heavy atom. The average Bonchev–Trinajstić information content (AvgIpc) is 2.57. The Hall–Kier alpha value is -1.89. The number of guanidine groups is 1. The van der Waals surface area contributed by atoms with Gasteiger partial charge in [0.25, 0.3) is 0 Å². The van der Waals surface area contributed by atoms with Crippen LogP contribution in [0.25, 0.3) is 0 Å². The maximum Gasteiger partial charge on any atom is 0.387 e. The Bertz CT molecular complexity index is 580. The van der Waals surface area contributed by atoms with Crippen molar-refractivity contribution in [2.45, 2.75) is 32.9 Å². The smallest absolute Gasteiger partial charge is 0.387 e. The summed E-state index contributed by atoms with van der Waals surface area (Å²) in [4.78, 5) is 6.55. The summed E-state index contributed by atoms with van der Waals surface area (Å²) >= 11 is 0. The third kappa shape index (κ3) is 6.49. The lowest BCUT2D eigenvalue weighted by molar-refractivity contribution is -0.0504. The van der Waals surface area contributed by atoms with E-state index in [4.69, 9.17) is 0 Å². The molecule has 0 aliphatic carbocycles. The molecule has 1 heterocycles. The number of hydrogen-bond acceptors (Lipinski definition) is 3. The number of halogens is 2. The van der Waals surface area contributed by atoms with Crippen LogP contribution in [0.1, 0.15) is 24.0 Å². The Morgan fingerprint density at radius 2 is 2.20 bits per heavy atom. The molecule has 2 N–H and O–H groups in total. The lowest BCUT2D eigenvalue weighted by atomic mass is 9.99. The summed E-state index contributed by atoms with van der Waals surface area (Å²) in [5.41, 5.74) is 1.67. The van der Waals surface area contributed by atoms with Crippen LogP contribution in [0.5, 0.6) is 5.75 Å². The van der Waals surface area contributed by atoms with Crippen LogP contribution in [0.15, 0.2) is 23.2 Å². The van der Waals surface area contributed by atoms with Gasteiger partial charge in [0.1, 0.15) is 5.75 Å². The first kappa shape index (κ1) is 19.4. The number of ether oxygens (including phenoxy) is 1. The SMILES string of the molecule is CN=C(NCc1cc(C)ccc1OC(F)F)NCC1CCCN(C)C1. The fourth-order valence-electron chi connectivity index (χ4n) is 3.14. The van der Waals surface area contributed by atoms with E-state index >= 15 is 0 Å². The van der Waals surface area contributed by atoms with Crippen molar-refractivity contribution in [3.05, 3.63) is 29.3 Å². The predicted molar refractivity (Wildman–Crippen MR) is 96.2 cm³/mol. The van der Waals surface area contributed by atoms with Crippen molar-refractivity contribution >= 4 is 5.96 Å². The molecular weight excluding hydrogens is 326 g/mol. The third-order valence-electron chi connectivity index (χ3n) is 4.38. The molecule has 0 amide bonds. The number of rotatable bonds is 6. The molecular formula is C18H28F2N4O. The minimum absolute atomic E-state index is 0.192. The van der Waals surface area contributed by atoms with Gasteiger partial charge in [-0.1, -0.05) is 17.7 Å². The molecule has 1 aliphatic heterocycles. The lowest BCUT2D eigenvalue weighted by Crippen LogP contribution is -2.43. The van der Waals surface area contributed by atoms with Crippen molar-refractivity contribution in [2.24, 2.45) is 10.9 Å². The highest BCUT2D eigenvalue weighted by Gasteiger charge is 2.17. The molecule has 1 aromatic rings. The molecule has 140 valence electrons. The number of piperidine rings is 1. The van der Waals surface area contributed by atoms with Crippen LogP contribution in [0.3, 0.4) is 0 Å². The van der Waals surface area contributed by atoms with Gasteiger partial charge in [0.15, 0.2) is 5.96 Å². The minimum atomic E-state index is -2.83. The second-order valence-electron chi connectivity index (χ2n) is 6.57. The molecule has 25 heavy (non-hydrogen) atoms. The maximum absolute atomic E-state index is 12.5. The first-order chi connectivity index (χ1) is 12.0. The zero-order valence-corrected chi connectivity index (χ0v) is 15.2. The van der Waals surface area contributed by atoms with E-state index in [1.165, 1.54) is 12.8 Å². The van der Waals surface area contributed by atoms with Crippen molar-refractivity contribution in [3.63, 3.8) is 0 Å². The number of alkyl halides is 2. The van der Waals surface area contributed by atoms with Crippen molar-refractivity contribution in [3.8, 4) is 5.75 Å². The topological polar surface area (TPSA) is 48.9 Å². The van der Waals surface area contributed by atoms with Crippen LogP contribution in [0, 0.1) is 12.8 Å². The van der Waals surface area contributed by atoms with E-state index in [0.29, 0.717) is 24.0 Å². The number of nitrogens with zero attached hydrogens (tertiary/aromatic N) is 2. The van der Waals surface area contributed by atoms with Gasteiger partial charge in [-0.15, -0.1) is 0 Å². The quantitative estimate of drug-likeness (QED) is 0.609. The van der Waals surface area contributed by atoms with E-state index in [2.05, 4.69) is 32.3 Å². The molecule has 5 nitrogen and oxygen atoms in total. The predicted octanol–water partition coefficient (Wildman–Crippen LogP) is 2.60. The zero-order valence-electron chi connectivity index (χ0n) is 15.2. The van der Waals surface area contributed by atoms with E-state index < -0.39 is 6.61 Å². The highest BCUT2D eigenvalue weighted by atomic mass is 19.3. The molecule has 2 rings (SSSR count). The summed E-state index contributed by atoms with van der Waals surface area (Å²) in [6.45, 7) is 2.54. The zero-order chi connectivity index (χ0) is 18.2. The second-order valence-corrected chi connectivity index (χ2v) is 6.57. The van der Waals surface area contributed by atoms with E-state index in [0.717, 1.165) is 25.2 Å². The Balaban J connectivity index is 1.89. The molecule has 0 radical (unpaired) electrons. The molecule has 7 heteroatoms. The molecule has 1 aliphatic rings. The Kier molecular flexibility index (Phi) is 7.43. The van der Waals surface area contributed by atoms with E-state index in [-0.39, 0.29) is 5.75 Å². The average molecular weight is 354 g/mol. The first-order valence-corrected chi connectivity index (χ1v) is 8.65. The van der Waals surface area contributed by atoms with Gasteiger partial charge in [-0.3, -0.25) is 4.99 Å². The van der Waals surface area contributed by atoms with Crippen molar-refractivity contribution < 1.29 is 13.5 Å². The molecule has 0 saturated carbocycles. The summed E-state index contributed by atoms with van der Waals surface area (Å²) in [6.07, 6.45) is 2.42. The fraction of sp³-hybridized carbons (Fsp3) is 0.611. The van der Waals surface area contributed by atoms with Crippen LogP contribution in [-0.2, 0) is 6.54 Å². The van der Waals surface area contributed by atoms with Crippen molar-refractivity contribution in [1.29, 1.82) is 0 Å². The second kappa shape index (κ2) is 9.56. The molecule has 1 atom stereocenters. The molecule has 1 unspecified atom stereocenters. The van der Waals surface area contributed by atoms with E-state index in [9.17, 15) is 8.78 Å². The van der Waals surface area contributed by atoms with Gasteiger partial charge in [-0.25, -0.2) is 0 Å². The number of aryl methyl sites for hydroxylation is 1. The summed E-state index contributed by atoms with van der Waals surface area (Å²) in [7, 11) is 3.84. The van der Waals surface area contributed by atoms with Crippen LogP contribution < -0.4 is 15.4 Å². The third-order valence-corrected chi connectivity index (χ3v) is 4.38. The van der Waals surface area contributed by atoms with Gasteiger partial charge in [0.05, 0.1) is 0 Å². The highest BCUT2D eigenvalue weighted by Crippen LogP contribution is 2.22. The standard InChI is InChI=1S/C18H28F2N4O/c1-13-6-7-16(25-17(19)20)15(9-13)11-23-18(21-2)22-10-14-5-4-8-24(3)12-14/h6-7,9,14,17H,4-5,8,10-12H2,1-3H3,(H2,21,22,23). The number of benzene rings is 1. The van der Waals surface area contributed by atoms with Gasteiger partial charge >= 0.3 is 6.61 Å². The van der Waals surface area contributed by atoms with Gasteiger partial charge in [-0.05, 0) is 45.3 Å². The molecule has 1 aromatic carbocycles. The van der Waals surface area contributed by atoms with Gasteiger partial charge in [0.2, 0.25) is 0 Å². The molecule has 0 aromatic heterocycles. The first-order valence-electron chi connectivity index (χ1n) is 8.65. The summed E-state index contributed by atoms with van der Waals surface area (Å²) < 4.78 is 29.7. The van der Waals surface area contributed by atoms with Crippen LogP contribution in [0.2, 0.25) is 0 Å². The molecule has 0 spiro atoms. The van der Waals surface area contributed by atoms with Gasteiger partial charge in [-0.2, -0.15) is 8.78 Å². The Morgan fingerprint density at radius 3 is 2.88 bits per heavy atom. The molecule has 1 saturated heterocycles. The largest absolute Gasteiger partial charge is 0.434 e. The fourth-order valence-corrected chi connectivity index (χ4v) is 3.14. The van der Waals surface area contributed by atoms with Crippen molar-refractivity contribution in [2.75, 3.05) is 33.7 Å². The van der Waals surface area contributed by atoms with Crippen LogP contribution in [0.4, 0.5) is 8.78 Å². The minimum Gasteiger partial charge on any atom is -0.434 e. The van der Waals surface area contributed by atoms with Crippen LogP contribution >= 0.6 is 0 Å². The van der Waals surface area contributed by atoms with Crippen LogP contribution in [-0.4, -0.2) is 51.2 Å². The van der Waals surface area contributed by atoms with E-state index in [1.807, 2.05) is 13.0 Å². The maximum atomic E-state index is 12.5. The van der Waals surface area contributed by atoms with Crippen molar-refractivity contribution in [1.82, 2.24) is 15.5 Å². The summed E-state index contributed by atoms with van der Waals surface area (Å²) in [6, 6.07) is 5.18. The highest BCUT2D eigenvalue weighted by molar-refractivity contribution is 5.79. The number of aliphatic imine (C=N–C) groups is 1. The number of nitrogens with one attached hydrogen (secondary N) is 2. The monoisotopic (exact) mass is 354 g/mol. The summed E-state index contributed by atoms with van der Waals surface area (Å²) in [5, 5.41) is 6.51. The Labute approximate surface area is 148 Å².